The van der Waals surface area contributed by atoms with Crippen molar-refractivity contribution in [2.24, 2.45) is 0 Å². The maximum absolute atomic E-state index is 12.1. The summed E-state index contributed by atoms with van der Waals surface area (Å²) in [6.45, 7) is 2.05. The van der Waals surface area contributed by atoms with Gasteiger partial charge in [0.05, 0.1) is 19.3 Å². The Kier molecular flexibility index (Phi) is 7.02. The first-order valence-corrected chi connectivity index (χ1v) is 8.12. The summed E-state index contributed by atoms with van der Waals surface area (Å²) in [6, 6.07) is 16.7. The van der Waals surface area contributed by atoms with Crippen molar-refractivity contribution in [2.45, 2.75) is 19.4 Å². The highest BCUT2D eigenvalue weighted by Crippen LogP contribution is 2.18. The number of aliphatic hydroxyl groups excluding tert-OH is 1. The van der Waals surface area contributed by atoms with Crippen LogP contribution in [0.3, 0.4) is 0 Å². The molecular formula is C21H22O4. The van der Waals surface area contributed by atoms with Crippen LogP contribution in [0.5, 0.6) is 5.75 Å². The smallest absolute Gasteiger partial charge is 0.342 e. The summed E-state index contributed by atoms with van der Waals surface area (Å²) in [4.78, 5) is 12.1. The predicted octanol–water partition coefficient (Wildman–Crippen LogP) is 3.62. The standard InChI is InChI=1S/C21H22O4/c1-3-25-21(23)18(15-16-7-5-4-6-8-16)11-14-20(22)17-9-12-19(24-2)13-10-17/h4-10,12-14,20,22H,3,15H2,1-2H3. The molecule has 1 atom stereocenters. The van der Waals surface area contributed by atoms with E-state index in [9.17, 15) is 9.90 Å². The lowest BCUT2D eigenvalue weighted by atomic mass is 10.0. The molecule has 0 heterocycles. The Morgan fingerprint density at radius 3 is 2.44 bits per heavy atom. The molecule has 0 aliphatic heterocycles. The molecule has 0 aliphatic rings. The van der Waals surface area contributed by atoms with Crippen molar-refractivity contribution in [1.82, 2.24) is 0 Å². The van der Waals surface area contributed by atoms with E-state index < -0.39 is 12.1 Å². The summed E-state index contributed by atoms with van der Waals surface area (Å²) in [5, 5.41) is 10.3. The first-order valence-electron chi connectivity index (χ1n) is 8.12. The molecule has 25 heavy (non-hydrogen) atoms. The van der Waals surface area contributed by atoms with Crippen LogP contribution in [0.2, 0.25) is 0 Å². The number of esters is 1. The Labute approximate surface area is 148 Å². The number of benzene rings is 2. The van der Waals surface area contributed by atoms with Gasteiger partial charge in [0.15, 0.2) is 0 Å². The zero-order chi connectivity index (χ0) is 18.1. The van der Waals surface area contributed by atoms with Gasteiger partial charge in [0, 0.05) is 6.42 Å². The Balaban J connectivity index is 2.24. The van der Waals surface area contributed by atoms with Crippen LogP contribution in [-0.4, -0.2) is 24.8 Å². The lowest BCUT2D eigenvalue weighted by molar-refractivity contribution is -0.138. The minimum Gasteiger partial charge on any atom is -0.497 e. The fourth-order valence-corrected chi connectivity index (χ4v) is 2.28. The van der Waals surface area contributed by atoms with Crippen LogP contribution in [-0.2, 0) is 16.0 Å². The number of carbonyl (C=O) groups excluding carboxylic acids is 1. The number of hydrogen-bond donors (Lipinski definition) is 1. The highest BCUT2D eigenvalue weighted by molar-refractivity contribution is 5.88. The van der Waals surface area contributed by atoms with Gasteiger partial charge in [-0.2, -0.15) is 0 Å². The number of carbonyl (C=O) groups is 1. The van der Waals surface area contributed by atoms with Gasteiger partial charge in [-0.05, 0) is 36.3 Å². The fourth-order valence-electron chi connectivity index (χ4n) is 2.28. The predicted molar refractivity (Wildman–Crippen MR) is 96.3 cm³/mol. The third kappa shape index (κ3) is 5.64. The summed E-state index contributed by atoms with van der Waals surface area (Å²) in [7, 11) is 1.59. The summed E-state index contributed by atoms with van der Waals surface area (Å²) >= 11 is 0. The van der Waals surface area contributed by atoms with Gasteiger partial charge in [0.25, 0.3) is 0 Å². The quantitative estimate of drug-likeness (QED) is 0.476. The Morgan fingerprint density at radius 1 is 1.16 bits per heavy atom. The van der Waals surface area contributed by atoms with Crippen molar-refractivity contribution < 1.29 is 19.4 Å². The van der Waals surface area contributed by atoms with Gasteiger partial charge in [-0.3, -0.25) is 0 Å². The summed E-state index contributed by atoms with van der Waals surface area (Å²) in [5.41, 5.74) is 4.96. The summed E-state index contributed by atoms with van der Waals surface area (Å²) in [5.74, 6) is 0.288. The second-order valence-electron chi connectivity index (χ2n) is 5.39. The molecule has 1 unspecified atom stereocenters. The number of rotatable bonds is 7. The summed E-state index contributed by atoms with van der Waals surface area (Å²) < 4.78 is 10.2. The van der Waals surface area contributed by atoms with E-state index in [1.807, 2.05) is 30.3 Å². The SMILES string of the molecule is CCOC(=O)C(=C=CC(O)c1ccc(OC)cc1)Cc1ccccc1. The number of aliphatic hydroxyl groups is 1. The molecule has 0 radical (unpaired) electrons. The van der Waals surface area contributed by atoms with Gasteiger partial charge in [-0.15, -0.1) is 5.73 Å². The van der Waals surface area contributed by atoms with Crippen LogP contribution in [0.15, 0.2) is 72.0 Å². The molecule has 0 bridgehead atoms. The first kappa shape index (κ1) is 18.5. The monoisotopic (exact) mass is 338 g/mol. The van der Waals surface area contributed by atoms with Crippen LogP contribution in [0.4, 0.5) is 0 Å². The minimum absolute atomic E-state index is 0.292. The molecule has 2 aromatic rings. The van der Waals surface area contributed by atoms with E-state index in [0.717, 1.165) is 5.56 Å². The largest absolute Gasteiger partial charge is 0.497 e. The van der Waals surface area contributed by atoms with E-state index in [1.54, 1.807) is 38.3 Å². The third-order valence-corrected chi connectivity index (χ3v) is 3.62. The zero-order valence-corrected chi connectivity index (χ0v) is 14.4. The van der Waals surface area contributed by atoms with Gasteiger partial charge in [0.2, 0.25) is 0 Å². The number of ether oxygens (including phenoxy) is 2. The molecule has 0 amide bonds. The van der Waals surface area contributed by atoms with Gasteiger partial charge in [-0.1, -0.05) is 42.5 Å². The van der Waals surface area contributed by atoms with E-state index in [-0.39, 0.29) is 0 Å². The van der Waals surface area contributed by atoms with Gasteiger partial charge in [-0.25, -0.2) is 4.79 Å². The van der Waals surface area contributed by atoms with Gasteiger partial charge in [0.1, 0.15) is 11.9 Å². The van der Waals surface area contributed by atoms with Crippen LogP contribution >= 0.6 is 0 Å². The van der Waals surface area contributed by atoms with Crippen molar-refractivity contribution in [2.75, 3.05) is 13.7 Å². The normalized spacial score (nSPS) is 11.2. The van der Waals surface area contributed by atoms with Crippen LogP contribution in [0.1, 0.15) is 24.2 Å². The van der Waals surface area contributed by atoms with Crippen LogP contribution < -0.4 is 4.74 Å². The van der Waals surface area contributed by atoms with Crippen LogP contribution in [0, 0.1) is 0 Å². The maximum atomic E-state index is 12.1. The van der Waals surface area contributed by atoms with Crippen LogP contribution in [0.25, 0.3) is 0 Å². The highest BCUT2D eigenvalue weighted by atomic mass is 16.5. The van der Waals surface area contributed by atoms with E-state index >= 15 is 0 Å². The summed E-state index contributed by atoms with van der Waals surface area (Å²) in [6.07, 6.45) is 0.994. The Morgan fingerprint density at radius 2 is 1.84 bits per heavy atom. The van der Waals surface area contributed by atoms with E-state index in [4.69, 9.17) is 9.47 Å². The van der Waals surface area contributed by atoms with Crippen molar-refractivity contribution >= 4 is 5.97 Å². The maximum Gasteiger partial charge on any atom is 0.342 e. The topological polar surface area (TPSA) is 55.8 Å². The first-order chi connectivity index (χ1) is 12.1. The lowest BCUT2D eigenvalue weighted by Gasteiger charge is -2.07. The third-order valence-electron chi connectivity index (χ3n) is 3.62. The lowest BCUT2D eigenvalue weighted by Crippen LogP contribution is -2.09. The molecule has 0 aliphatic carbocycles. The average Bonchev–Trinajstić information content (AvgIpc) is 2.66. The van der Waals surface area contributed by atoms with Crippen molar-refractivity contribution in [3.63, 3.8) is 0 Å². The van der Waals surface area contributed by atoms with E-state index in [1.165, 1.54) is 6.08 Å². The van der Waals surface area contributed by atoms with E-state index in [0.29, 0.717) is 29.9 Å². The van der Waals surface area contributed by atoms with E-state index in [2.05, 4.69) is 5.73 Å². The van der Waals surface area contributed by atoms with Gasteiger partial charge < -0.3 is 14.6 Å². The van der Waals surface area contributed by atoms with Crippen molar-refractivity contribution in [3.05, 3.63) is 83.1 Å². The molecule has 0 aromatic heterocycles. The molecule has 2 aromatic carbocycles. The molecule has 4 heteroatoms. The van der Waals surface area contributed by atoms with Gasteiger partial charge >= 0.3 is 5.97 Å². The highest BCUT2D eigenvalue weighted by Gasteiger charge is 2.11. The fraction of sp³-hybridized carbons (Fsp3) is 0.238. The molecule has 1 N–H and O–H groups in total. The van der Waals surface area contributed by atoms with Crippen molar-refractivity contribution in [1.29, 1.82) is 0 Å². The minimum atomic E-state index is -0.869. The zero-order valence-electron chi connectivity index (χ0n) is 14.4. The number of hydrogen-bond acceptors (Lipinski definition) is 4. The molecule has 0 fully saturated rings. The molecule has 0 saturated carbocycles. The second kappa shape index (κ2) is 9.48. The molecule has 2 rings (SSSR count). The molecule has 0 saturated heterocycles. The Bertz CT molecular complexity index is 741. The van der Waals surface area contributed by atoms with Crippen molar-refractivity contribution in [3.8, 4) is 5.75 Å². The second-order valence-corrected chi connectivity index (χ2v) is 5.39. The Hall–Kier alpha value is -2.81. The molecule has 0 spiro atoms. The number of methoxy groups -OCH3 is 1. The average molecular weight is 338 g/mol. The molecule has 4 nitrogen and oxygen atoms in total. The molecular weight excluding hydrogens is 316 g/mol. The molecule has 130 valence electrons.